The van der Waals surface area contributed by atoms with Gasteiger partial charge >= 0.3 is 5.97 Å². The number of hydrogen-bond donors (Lipinski definition) is 2. The van der Waals surface area contributed by atoms with Gasteiger partial charge in [-0.1, -0.05) is 0 Å². The summed E-state index contributed by atoms with van der Waals surface area (Å²) in [6.07, 6.45) is 5.81. The molecule has 3 heterocycles. The van der Waals surface area contributed by atoms with Gasteiger partial charge in [-0.2, -0.15) is 0 Å². The molecule has 0 radical (unpaired) electrons. The van der Waals surface area contributed by atoms with Crippen molar-refractivity contribution in [1.82, 2.24) is 20.1 Å². The third-order valence-electron chi connectivity index (χ3n) is 4.27. The van der Waals surface area contributed by atoms with Crippen molar-refractivity contribution in [3.05, 3.63) is 46.0 Å². The van der Waals surface area contributed by atoms with Crippen molar-refractivity contribution < 1.29 is 19.1 Å². The molecule has 1 atom stereocenters. The molecule has 2 aromatic heterocycles. The zero-order chi connectivity index (χ0) is 19.2. The summed E-state index contributed by atoms with van der Waals surface area (Å²) in [5.74, 6) is -0.685. The fourth-order valence-corrected chi connectivity index (χ4v) is 2.82. The molecule has 1 aliphatic rings. The summed E-state index contributed by atoms with van der Waals surface area (Å²) < 4.78 is 11.5. The molecule has 3 rings (SSSR count). The van der Waals surface area contributed by atoms with E-state index in [1.54, 1.807) is 13.0 Å². The summed E-state index contributed by atoms with van der Waals surface area (Å²) >= 11 is 0. The van der Waals surface area contributed by atoms with Crippen LogP contribution in [0.25, 0.3) is 5.82 Å². The largest absolute Gasteiger partial charge is 0.462 e. The van der Waals surface area contributed by atoms with Crippen LogP contribution in [0.4, 0.5) is 0 Å². The molecular formula is C18H22N4O5. The minimum Gasteiger partial charge on any atom is -0.462 e. The second-order valence-electron chi connectivity index (χ2n) is 6.15. The van der Waals surface area contributed by atoms with Gasteiger partial charge < -0.3 is 14.8 Å². The Morgan fingerprint density at radius 1 is 1.41 bits per heavy atom. The third-order valence-corrected chi connectivity index (χ3v) is 4.27. The highest BCUT2D eigenvalue weighted by Crippen LogP contribution is 2.12. The first-order valence-electron chi connectivity index (χ1n) is 8.94. The number of nitrogens with one attached hydrogen (secondary N) is 2. The number of carbonyl (C=O) groups excluding carboxylic acids is 2. The van der Waals surface area contributed by atoms with Crippen LogP contribution in [-0.2, 0) is 9.47 Å². The number of nitrogens with zero attached hydrogens (tertiary/aromatic N) is 2. The van der Waals surface area contributed by atoms with Gasteiger partial charge in [0.15, 0.2) is 5.82 Å². The molecule has 1 unspecified atom stereocenters. The van der Waals surface area contributed by atoms with E-state index in [0.29, 0.717) is 12.1 Å². The van der Waals surface area contributed by atoms with E-state index in [-0.39, 0.29) is 30.0 Å². The molecule has 2 N–H and O–H groups in total. The zero-order valence-electron chi connectivity index (χ0n) is 15.1. The van der Waals surface area contributed by atoms with Crippen molar-refractivity contribution >= 4 is 11.9 Å². The highest BCUT2D eigenvalue weighted by molar-refractivity contribution is 5.94. The lowest BCUT2D eigenvalue weighted by Crippen LogP contribution is -2.35. The summed E-state index contributed by atoms with van der Waals surface area (Å²) in [4.78, 5) is 40.4. The maximum Gasteiger partial charge on any atom is 0.345 e. The van der Waals surface area contributed by atoms with E-state index in [4.69, 9.17) is 9.47 Å². The summed E-state index contributed by atoms with van der Waals surface area (Å²) in [5, 5.41) is 5.50. The van der Waals surface area contributed by atoms with Crippen LogP contribution in [-0.4, -0.2) is 52.5 Å². The van der Waals surface area contributed by atoms with Crippen LogP contribution in [0.3, 0.4) is 0 Å². The standard InChI is InChI=1S/C18H22N4O5/c1-2-26-18(25)14-11-21-22(17(14)24)15-7-6-12(9-19-15)16(23)20-10-13-5-3-4-8-27-13/h6-7,9,11,13,21H,2-5,8,10H2,1H3,(H,20,23). The number of H-pyrrole nitrogens is 1. The Balaban J connectivity index is 1.65. The number of aromatic amines is 1. The Morgan fingerprint density at radius 2 is 2.26 bits per heavy atom. The van der Waals surface area contributed by atoms with Gasteiger partial charge in [0.2, 0.25) is 0 Å². The number of rotatable bonds is 6. The number of carbonyl (C=O) groups is 2. The van der Waals surface area contributed by atoms with Gasteiger partial charge in [0.05, 0.1) is 18.3 Å². The fourth-order valence-electron chi connectivity index (χ4n) is 2.82. The Bertz CT molecular complexity index is 849. The van der Waals surface area contributed by atoms with Gasteiger partial charge in [-0.05, 0) is 38.3 Å². The fraction of sp³-hybridized carbons (Fsp3) is 0.444. The van der Waals surface area contributed by atoms with E-state index in [0.717, 1.165) is 30.6 Å². The number of esters is 1. The number of amides is 1. The summed E-state index contributed by atoms with van der Waals surface area (Å²) in [5.41, 5.74) is -0.291. The first-order chi connectivity index (χ1) is 13.1. The van der Waals surface area contributed by atoms with Gasteiger partial charge in [-0.3, -0.25) is 14.7 Å². The highest BCUT2D eigenvalue weighted by Gasteiger charge is 2.18. The van der Waals surface area contributed by atoms with Crippen LogP contribution < -0.4 is 10.9 Å². The second-order valence-corrected chi connectivity index (χ2v) is 6.15. The Hall–Kier alpha value is -2.94. The topological polar surface area (TPSA) is 115 Å². The first-order valence-corrected chi connectivity index (χ1v) is 8.94. The smallest absolute Gasteiger partial charge is 0.345 e. The second kappa shape index (κ2) is 8.63. The Morgan fingerprint density at radius 3 is 2.93 bits per heavy atom. The van der Waals surface area contributed by atoms with Crippen LogP contribution in [0.2, 0.25) is 0 Å². The van der Waals surface area contributed by atoms with E-state index >= 15 is 0 Å². The molecule has 1 aliphatic heterocycles. The molecule has 0 saturated carbocycles. The molecule has 9 heteroatoms. The number of aromatic nitrogens is 3. The maximum atomic E-state index is 12.3. The average molecular weight is 374 g/mol. The third kappa shape index (κ3) is 4.43. The highest BCUT2D eigenvalue weighted by atomic mass is 16.5. The van der Waals surface area contributed by atoms with Gasteiger partial charge in [0.25, 0.3) is 11.5 Å². The lowest BCUT2D eigenvalue weighted by molar-refractivity contribution is 0.0169. The number of ether oxygens (including phenoxy) is 2. The normalized spacial score (nSPS) is 16.7. The van der Waals surface area contributed by atoms with Gasteiger partial charge in [0, 0.05) is 25.5 Å². The lowest BCUT2D eigenvalue weighted by Gasteiger charge is -2.22. The molecule has 27 heavy (non-hydrogen) atoms. The molecule has 9 nitrogen and oxygen atoms in total. The van der Waals surface area contributed by atoms with Gasteiger partial charge in [-0.25, -0.2) is 14.5 Å². The minimum absolute atomic E-state index is 0.0497. The predicted molar refractivity (Wildman–Crippen MR) is 96.1 cm³/mol. The minimum atomic E-state index is -0.696. The van der Waals surface area contributed by atoms with Crippen molar-refractivity contribution in [2.75, 3.05) is 19.8 Å². The van der Waals surface area contributed by atoms with E-state index in [2.05, 4.69) is 15.4 Å². The number of pyridine rings is 1. The van der Waals surface area contributed by atoms with E-state index in [1.165, 1.54) is 18.5 Å². The van der Waals surface area contributed by atoms with E-state index in [9.17, 15) is 14.4 Å². The van der Waals surface area contributed by atoms with E-state index in [1.807, 2.05) is 0 Å². The maximum absolute atomic E-state index is 12.3. The quantitative estimate of drug-likeness (QED) is 0.730. The molecule has 2 aromatic rings. The molecule has 0 bridgehead atoms. The SMILES string of the molecule is CCOC(=O)c1c[nH]n(-c2ccc(C(=O)NCC3CCCCO3)cn2)c1=O. The molecule has 144 valence electrons. The monoisotopic (exact) mass is 374 g/mol. The van der Waals surface area contributed by atoms with E-state index < -0.39 is 11.5 Å². The molecule has 1 amide bonds. The predicted octanol–water partition coefficient (Wildman–Crippen LogP) is 1.04. The average Bonchev–Trinajstić information content (AvgIpc) is 3.08. The van der Waals surface area contributed by atoms with Crippen molar-refractivity contribution in [3.8, 4) is 5.82 Å². The van der Waals surface area contributed by atoms with Crippen molar-refractivity contribution in [2.45, 2.75) is 32.3 Å². The Kier molecular flexibility index (Phi) is 6.02. The molecular weight excluding hydrogens is 352 g/mol. The molecule has 1 fully saturated rings. The van der Waals surface area contributed by atoms with Gasteiger partial charge in [-0.15, -0.1) is 0 Å². The lowest BCUT2D eigenvalue weighted by atomic mass is 10.1. The zero-order valence-corrected chi connectivity index (χ0v) is 15.1. The van der Waals surface area contributed by atoms with Crippen molar-refractivity contribution in [3.63, 3.8) is 0 Å². The van der Waals surface area contributed by atoms with Crippen molar-refractivity contribution in [1.29, 1.82) is 0 Å². The van der Waals surface area contributed by atoms with Crippen LogP contribution in [0.1, 0.15) is 46.9 Å². The van der Waals surface area contributed by atoms with Crippen LogP contribution in [0, 0.1) is 0 Å². The molecule has 1 saturated heterocycles. The van der Waals surface area contributed by atoms with Crippen molar-refractivity contribution in [2.24, 2.45) is 0 Å². The van der Waals surface area contributed by atoms with Crippen LogP contribution in [0.5, 0.6) is 0 Å². The summed E-state index contributed by atoms with van der Waals surface area (Å²) in [6, 6.07) is 3.09. The number of hydrogen-bond acceptors (Lipinski definition) is 6. The summed E-state index contributed by atoms with van der Waals surface area (Å²) in [7, 11) is 0. The van der Waals surface area contributed by atoms with Crippen LogP contribution in [0.15, 0.2) is 29.3 Å². The Labute approximate surface area is 155 Å². The first kappa shape index (κ1) is 18.8. The molecule has 0 spiro atoms. The molecule has 0 aliphatic carbocycles. The summed E-state index contributed by atoms with van der Waals surface area (Å²) in [6.45, 7) is 3.03. The molecule has 0 aromatic carbocycles. The van der Waals surface area contributed by atoms with Crippen LogP contribution >= 0.6 is 0 Å². The van der Waals surface area contributed by atoms with Gasteiger partial charge in [0.1, 0.15) is 5.56 Å².